The number of rotatable bonds is 6. The van der Waals surface area contributed by atoms with E-state index in [0.717, 1.165) is 57.1 Å². The fourth-order valence-corrected chi connectivity index (χ4v) is 2.74. The third-order valence-corrected chi connectivity index (χ3v) is 3.75. The van der Waals surface area contributed by atoms with Crippen LogP contribution in [0.15, 0.2) is 6.07 Å². The molecule has 116 valence electrons. The van der Waals surface area contributed by atoms with E-state index in [2.05, 4.69) is 20.5 Å². The molecule has 2 rings (SSSR count). The number of hydrogen-bond donors (Lipinski definition) is 3. The number of carbonyl (C=O) groups is 1. The van der Waals surface area contributed by atoms with Crippen LogP contribution in [0.5, 0.6) is 0 Å². The van der Waals surface area contributed by atoms with E-state index in [4.69, 9.17) is 5.73 Å². The van der Waals surface area contributed by atoms with Crippen LogP contribution in [0, 0.1) is 13.8 Å². The summed E-state index contributed by atoms with van der Waals surface area (Å²) in [7, 11) is 0. The zero-order chi connectivity index (χ0) is 15.2. The summed E-state index contributed by atoms with van der Waals surface area (Å²) in [5.41, 5.74) is 8.33. The fraction of sp³-hybridized carbons (Fsp3) is 0.600. The Morgan fingerprint density at radius 1 is 1.43 bits per heavy atom. The van der Waals surface area contributed by atoms with Gasteiger partial charge in [-0.25, -0.2) is 0 Å². The van der Waals surface area contributed by atoms with E-state index in [-0.39, 0.29) is 0 Å². The van der Waals surface area contributed by atoms with Gasteiger partial charge in [-0.1, -0.05) is 0 Å². The number of carbonyl (C=O) groups excluding carboxylic acids is 1. The molecule has 0 radical (unpaired) electrons. The number of amides is 1. The average molecular weight is 291 g/mol. The molecular weight excluding hydrogens is 266 g/mol. The zero-order valence-electron chi connectivity index (χ0n) is 12.9. The van der Waals surface area contributed by atoms with Crippen molar-refractivity contribution in [3.8, 4) is 0 Å². The first-order chi connectivity index (χ1) is 10.1. The van der Waals surface area contributed by atoms with E-state index < -0.39 is 5.91 Å². The molecule has 1 aliphatic rings. The van der Waals surface area contributed by atoms with Crippen LogP contribution < -0.4 is 16.4 Å². The quantitative estimate of drug-likeness (QED) is 0.665. The minimum atomic E-state index is -0.426. The maximum absolute atomic E-state index is 11.6. The number of nitrogens with two attached hydrogens (primary N) is 1. The molecule has 0 spiro atoms. The average Bonchev–Trinajstić information content (AvgIpc) is 2.43. The summed E-state index contributed by atoms with van der Waals surface area (Å²) in [4.78, 5) is 18.3. The summed E-state index contributed by atoms with van der Waals surface area (Å²) >= 11 is 0. The highest BCUT2D eigenvalue weighted by Crippen LogP contribution is 2.19. The van der Waals surface area contributed by atoms with Crippen LogP contribution in [0.1, 0.15) is 28.2 Å². The smallest absolute Gasteiger partial charge is 0.252 e. The van der Waals surface area contributed by atoms with Gasteiger partial charge >= 0.3 is 0 Å². The summed E-state index contributed by atoms with van der Waals surface area (Å²) in [6, 6.07) is 1.89. The van der Waals surface area contributed by atoms with Gasteiger partial charge in [0, 0.05) is 38.4 Å². The highest BCUT2D eigenvalue weighted by Gasteiger charge is 2.13. The number of hydrogen-bond acceptors (Lipinski definition) is 5. The van der Waals surface area contributed by atoms with Gasteiger partial charge in [-0.05, 0) is 32.9 Å². The lowest BCUT2D eigenvalue weighted by Gasteiger charge is -2.27. The second-order valence-corrected chi connectivity index (χ2v) is 5.51. The maximum atomic E-state index is 11.6. The normalized spacial score (nSPS) is 15.9. The molecule has 1 aliphatic heterocycles. The van der Waals surface area contributed by atoms with Gasteiger partial charge in [-0.15, -0.1) is 0 Å². The number of primary amides is 1. The van der Waals surface area contributed by atoms with E-state index in [0.29, 0.717) is 11.3 Å². The molecule has 0 aliphatic carbocycles. The third-order valence-electron chi connectivity index (χ3n) is 3.75. The summed E-state index contributed by atoms with van der Waals surface area (Å²) in [6.07, 6.45) is 1.04. The molecule has 0 saturated carbocycles. The Balaban J connectivity index is 1.88. The minimum absolute atomic E-state index is 0.426. The predicted molar refractivity (Wildman–Crippen MR) is 84.6 cm³/mol. The van der Waals surface area contributed by atoms with Gasteiger partial charge in [0.1, 0.15) is 0 Å². The van der Waals surface area contributed by atoms with Crippen LogP contribution in [-0.4, -0.2) is 55.1 Å². The highest BCUT2D eigenvalue weighted by molar-refractivity contribution is 5.99. The topological polar surface area (TPSA) is 83.3 Å². The zero-order valence-corrected chi connectivity index (χ0v) is 12.9. The predicted octanol–water partition coefficient (Wildman–Crippen LogP) is 0.505. The molecule has 0 aromatic carbocycles. The molecule has 1 amide bonds. The Morgan fingerprint density at radius 2 is 2.14 bits per heavy atom. The number of nitrogens with one attached hydrogen (secondary N) is 2. The molecule has 1 saturated heterocycles. The Hall–Kier alpha value is -1.66. The van der Waals surface area contributed by atoms with Gasteiger partial charge < -0.3 is 21.3 Å². The van der Waals surface area contributed by atoms with Crippen molar-refractivity contribution in [1.82, 2.24) is 15.2 Å². The van der Waals surface area contributed by atoms with Gasteiger partial charge in [0.15, 0.2) is 0 Å². The molecule has 6 nitrogen and oxygen atoms in total. The maximum Gasteiger partial charge on any atom is 0.252 e. The van der Waals surface area contributed by atoms with Crippen molar-refractivity contribution in [2.24, 2.45) is 5.73 Å². The van der Waals surface area contributed by atoms with E-state index in [1.165, 1.54) is 0 Å². The second-order valence-electron chi connectivity index (χ2n) is 5.51. The van der Waals surface area contributed by atoms with Crippen molar-refractivity contribution < 1.29 is 4.79 Å². The van der Waals surface area contributed by atoms with Gasteiger partial charge in [0.25, 0.3) is 5.91 Å². The van der Waals surface area contributed by atoms with Crippen LogP contribution in [0.2, 0.25) is 0 Å². The summed E-state index contributed by atoms with van der Waals surface area (Å²) in [5, 5.41) is 6.68. The first kappa shape index (κ1) is 15.7. The SMILES string of the molecule is Cc1cc(NCCCN2CCNCC2)c(C(N)=O)c(C)n1. The molecule has 1 aromatic rings. The minimum Gasteiger partial charge on any atom is -0.384 e. The van der Waals surface area contributed by atoms with Crippen molar-refractivity contribution in [2.45, 2.75) is 20.3 Å². The van der Waals surface area contributed by atoms with E-state index >= 15 is 0 Å². The van der Waals surface area contributed by atoms with Crippen LogP contribution in [0.3, 0.4) is 0 Å². The molecule has 0 unspecified atom stereocenters. The van der Waals surface area contributed by atoms with Crippen LogP contribution in [0.25, 0.3) is 0 Å². The number of anilines is 1. The van der Waals surface area contributed by atoms with Crippen molar-refractivity contribution in [3.63, 3.8) is 0 Å². The number of nitrogens with zero attached hydrogens (tertiary/aromatic N) is 2. The Bertz CT molecular complexity index is 497. The largest absolute Gasteiger partial charge is 0.384 e. The first-order valence-corrected chi connectivity index (χ1v) is 7.53. The lowest BCUT2D eigenvalue weighted by atomic mass is 10.1. The summed E-state index contributed by atoms with van der Waals surface area (Å²) in [6.45, 7) is 10.0. The van der Waals surface area contributed by atoms with Crippen LogP contribution in [-0.2, 0) is 0 Å². The monoisotopic (exact) mass is 291 g/mol. The van der Waals surface area contributed by atoms with Crippen molar-refractivity contribution in [3.05, 3.63) is 23.0 Å². The number of aryl methyl sites for hydroxylation is 2. The number of aromatic nitrogens is 1. The van der Waals surface area contributed by atoms with E-state index in [1.807, 2.05) is 19.9 Å². The summed E-state index contributed by atoms with van der Waals surface area (Å²) in [5.74, 6) is -0.426. The highest BCUT2D eigenvalue weighted by atomic mass is 16.1. The van der Waals surface area contributed by atoms with Gasteiger partial charge in [-0.2, -0.15) is 0 Å². The number of pyridine rings is 1. The third kappa shape index (κ3) is 4.41. The lowest BCUT2D eigenvalue weighted by Crippen LogP contribution is -2.44. The van der Waals surface area contributed by atoms with E-state index in [1.54, 1.807) is 0 Å². The molecule has 1 fully saturated rings. The van der Waals surface area contributed by atoms with Gasteiger partial charge in [-0.3, -0.25) is 9.78 Å². The van der Waals surface area contributed by atoms with Crippen LogP contribution in [0.4, 0.5) is 5.69 Å². The van der Waals surface area contributed by atoms with E-state index in [9.17, 15) is 4.79 Å². The molecule has 21 heavy (non-hydrogen) atoms. The van der Waals surface area contributed by atoms with Crippen molar-refractivity contribution in [2.75, 3.05) is 44.6 Å². The molecule has 0 bridgehead atoms. The van der Waals surface area contributed by atoms with Gasteiger partial charge in [0.2, 0.25) is 0 Å². The fourth-order valence-electron chi connectivity index (χ4n) is 2.74. The first-order valence-electron chi connectivity index (χ1n) is 7.53. The van der Waals surface area contributed by atoms with Crippen molar-refractivity contribution >= 4 is 11.6 Å². The van der Waals surface area contributed by atoms with Gasteiger partial charge in [0.05, 0.1) is 16.9 Å². The standard InChI is InChI=1S/C15H25N5O/c1-11-10-13(14(15(16)21)12(2)19-11)18-4-3-7-20-8-5-17-6-9-20/h10,17H,3-9H2,1-2H3,(H2,16,21)(H,18,19). The lowest BCUT2D eigenvalue weighted by molar-refractivity contribution is 0.1000. The second kappa shape index (κ2) is 7.38. The molecule has 6 heteroatoms. The Kier molecular flexibility index (Phi) is 5.52. The number of piperazine rings is 1. The molecule has 2 heterocycles. The van der Waals surface area contributed by atoms with Crippen LogP contribution >= 0.6 is 0 Å². The molecule has 0 atom stereocenters. The molecular formula is C15H25N5O. The van der Waals surface area contributed by atoms with Crippen molar-refractivity contribution in [1.29, 1.82) is 0 Å². The summed E-state index contributed by atoms with van der Waals surface area (Å²) < 4.78 is 0. The molecule has 1 aromatic heterocycles. The Morgan fingerprint density at radius 3 is 2.81 bits per heavy atom. The molecule has 4 N–H and O–H groups in total. The Labute approximate surface area is 126 Å².